The van der Waals surface area contributed by atoms with Crippen LogP contribution >= 0.6 is 0 Å². The van der Waals surface area contributed by atoms with Gasteiger partial charge in [-0.3, -0.25) is 4.90 Å². The predicted molar refractivity (Wildman–Crippen MR) is 98.0 cm³/mol. The van der Waals surface area contributed by atoms with Gasteiger partial charge < -0.3 is 15.0 Å². The largest absolute Gasteiger partial charge is 1.00 e. The van der Waals surface area contributed by atoms with Gasteiger partial charge in [0.05, 0.1) is 6.10 Å². The maximum Gasteiger partial charge on any atom is 1.00 e. The number of unbranched alkanes of at least 4 members (excludes halogenated alkanes) is 3. The molecule has 3 atom stereocenters. The van der Waals surface area contributed by atoms with Crippen molar-refractivity contribution in [3.05, 3.63) is 5.32 Å². The first-order valence-electron chi connectivity index (χ1n) is 9.79. The van der Waals surface area contributed by atoms with Crippen LogP contribution in [0.3, 0.4) is 0 Å². The molecule has 0 amide bonds. The summed E-state index contributed by atoms with van der Waals surface area (Å²) < 4.78 is 6.05. The van der Waals surface area contributed by atoms with E-state index in [0.29, 0.717) is 12.1 Å². The van der Waals surface area contributed by atoms with Gasteiger partial charge in [0.2, 0.25) is 0 Å². The van der Waals surface area contributed by atoms with E-state index >= 15 is 0 Å². The molecule has 2 aliphatic heterocycles. The Morgan fingerprint density at radius 1 is 1.08 bits per heavy atom. The number of hydrogen-bond donors (Lipinski definition) is 0. The zero-order chi connectivity index (χ0) is 16.7. The molecule has 2 saturated heterocycles. The molecular formula is C19H38LiN3O. The maximum absolute atomic E-state index is 6.05. The SMILES string of the molecule is C[N-]CCCCCCN1CCC2CC(C1)N(C(C)OC(C)C)C2.[Li+]. The molecule has 0 N–H and O–H groups in total. The van der Waals surface area contributed by atoms with Crippen molar-refractivity contribution in [3.8, 4) is 0 Å². The van der Waals surface area contributed by atoms with Crippen molar-refractivity contribution >= 4 is 0 Å². The van der Waals surface area contributed by atoms with E-state index in [0.717, 1.165) is 12.5 Å². The zero-order valence-electron chi connectivity index (χ0n) is 16.8. The van der Waals surface area contributed by atoms with E-state index in [4.69, 9.17) is 4.74 Å². The minimum absolute atomic E-state index is 0. The summed E-state index contributed by atoms with van der Waals surface area (Å²) in [6.07, 6.45) is 8.63. The van der Waals surface area contributed by atoms with Crippen LogP contribution in [-0.4, -0.2) is 67.9 Å². The third kappa shape index (κ3) is 7.36. The molecule has 24 heavy (non-hydrogen) atoms. The summed E-state index contributed by atoms with van der Waals surface area (Å²) in [7, 11) is 1.92. The Kier molecular flexibility index (Phi) is 11.2. The van der Waals surface area contributed by atoms with Crippen LogP contribution in [0.5, 0.6) is 0 Å². The van der Waals surface area contributed by atoms with Crippen LogP contribution in [0, 0.1) is 5.92 Å². The maximum atomic E-state index is 6.05. The summed E-state index contributed by atoms with van der Waals surface area (Å²) in [5, 5.41) is 4.18. The van der Waals surface area contributed by atoms with Crippen molar-refractivity contribution < 1.29 is 23.6 Å². The molecule has 136 valence electrons. The van der Waals surface area contributed by atoms with Crippen LogP contribution in [0.4, 0.5) is 0 Å². The molecule has 2 aliphatic rings. The number of rotatable bonds is 10. The molecule has 0 radical (unpaired) electrons. The second-order valence-electron chi connectivity index (χ2n) is 7.78. The molecule has 3 unspecified atom stereocenters. The van der Waals surface area contributed by atoms with Gasteiger partial charge in [-0.15, -0.1) is 6.54 Å². The van der Waals surface area contributed by atoms with Gasteiger partial charge in [-0.2, -0.15) is 7.05 Å². The molecule has 0 saturated carbocycles. The molecule has 2 heterocycles. The smallest absolute Gasteiger partial charge is 0.665 e. The fourth-order valence-electron chi connectivity index (χ4n) is 4.26. The number of ether oxygens (including phenoxy) is 1. The molecule has 2 rings (SSSR count). The third-order valence-electron chi connectivity index (χ3n) is 5.41. The Morgan fingerprint density at radius 3 is 2.54 bits per heavy atom. The van der Waals surface area contributed by atoms with E-state index in [-0.39, 0.29) is 25.1 Å². The molecular weight excluding hydrogens is 293 g/mol. The topological polar surface area (TPSA) is 29.8 Å². The van der Waals surface area contributed by atoms with Crippen LogP contribution in [0.15, 0.2) is 0 Å². The first-order valence-corrected chi connectivity index (χ1v) is 9.79. The Balaban J connectivity index is 0.00000288. The van der Waals surface area contributed by atoms with Gasteiger partial charge in [-0.05, 0) is 59.0 Å². The van der Waals surface area contributed by atoms with E-state index in [2.05, 4.69) is 35.9 Å². The normalized spacial score (nSPS) is 26.4. The summed E-state index contributed by atoms with van der Waals surface area (Å²) in [6.45, 7) is 12.6. The van der Waals surface area contributed by atoms with Gasteiger partial charge in [0.15, 0.2) is 0 Å². The van der Waals surface area contributed by atoms with Gasteiger partial charge in [-0.25, -0.2) is 0 Å². The average Bonchev–Trinajstić information content (AvgIpc) is 2.78. The predicted octanol–water partition coefficient (Wildman–Crippen LogP) is 0.722. The molecule has 2 bridgehead atoms. The van der Waals surface area contributed by atoms with E-state index < -0.39 is 0 Å². The van der Waals surface area contributed by atoms with E-state index in [1.54, 1.807) is 0 Å². The zero-order valence-corrected chi connectivity index (χ0v) is 16.8. The minimum Gasteiger partial charge on any atom is -0.665 e. The van der Waals surface area contributed by atoms with Gasteiger partial charge >= 0.3 is 18.9 Å². The van der Waals surface area contributed by atoms with Gasteiger partial charge in [0.25, 0.3) is 0 Å². The van der Waals surface area contributed by atoms with Gasteiger partial charge in [0, 0.05) is 19.1 Å². The molecule has 0 spiro atoms. The second-order valence-corrected chi connectivity index (χ2v) is 7.78. The van der Waals surface area contributed by atoms with Crippen molar-refractivity contribution in [2.24, 2.45) is 5.92 Å². The average molecular weight is 331 g/mol. The Morgan fingerprint density at radius 2 is 1.83 bits per heavy atom. The fourth-order valence-corrected chi connectivity index (χ4v) is 4.26. The van der Waals surface area contributed by atoms with E-state index in [1.165, 1.54) is 64.7 Å². The van der Waals surface area contributed by atoms with Crippen LogP contribution < -0.4 is 18.9 Å². The summed E-state index contributed by atoms with van der Waals surface area (Å²) in [6, 6.07) is 0.704. The Bertz CT molecular complexity index is 330. The summed E-state index contributed by atoms with van der Waals surface area (Å²) in [5.74, 6) is 0.884. The number of likely N-dealkylation sites (tertiary alicyclic amines) is 2. The number of hydrogen-bond acceptors (Lipinski definition) is 3. The van der Waals surface area contributed by atoms with Crippen molar-refractivity contribution in [3.63, 3.8) is 0 Å². The first kappa shape index (κ1) is 22.5. The monoisotopic (exact) mass is 331 g/mol. The summed E-state index contributed by atoms with van der Waals surface area (Å²) in [4.78, 5) is 5.34. The van der Waals surface area contributed by atoms with Crippen LogP contribution in [0.25, 0.3) is 5.32 Å². The minimum atomic E-state index is 0. The quantitative estimate of drug-likeness (QED) is 0.436. The molecule has 0 aromatic heterocycles. The van der Waals surface area contributed by atoms with Crippen LogP contribution in [0.1, 0.15) is 59.3 Å². The second kappa shape index (κ2) is 11.9. The van der Waals surface area contributed by atoms with Gasteiger partial charge in [-0.1, -0.05) is 19.3 Å². The molecule has 5 heteroatoms. The van der Waals surface area contributed by atoms with Crippen LogP contribution in [0.2, 0.25) is 0 Å². The first-order chi connectivity index (χ1) is 11.1. The van der Waals surface area contributed by atoms with Crippen molar-refractivity contribution in [2.75, 3.05) is 39.8 Å². The van der Waals surface area contributed by atoms with Crippen molar-refractivity contribution in [1.29, 1.82) is 0 Å². The van der Waals surface area contributed by atoms with Crippen molar-refractivity contribution in [2.45, 2.75) is 77.7 Å². The molecule has 2 fully saturated rings. The molecule has 0 aliphatic carbocycles. The number of nitrogens with zero attached hydrogens (tertiary/aromatic N) is 3. The van der Waals surface area contributed by atoms with E-state index in [1.807, 2.05) is 7.05 Å². The standard InChI is InChI=1S/C19H38N3O.Li/c1-16(2)23-17(3)22-14-18-9-12-21(15-19(22)13-18)11-8-6-5-7-10-20-4;/h16-19H,5-15H2,1-4H3;/q-1;+1. The van der Waals surface area contributed by atoms with E-state index in [9.17, 15) is 0 Å². The molecule has 4 nitrogen and oxygen atoms in total. The Hall–Kier alpha value is 0.437. The summed E-state index contributed by atoms with van der Waals surface area (Å²) in [5.41, 5.74) is 0. The number of fused-ring (bicyclic) bond motifs is 2. The third-order valence-corrected chi connectivity index (χ3v) is 5.41. The molecule has 0 aromatic rings. The van der Waals surface area contributed by atoms with Gasteiger partial charge in [0.1, 0.15) is 6.23 Å². The van der Waals surface area contributed by atoms with Crippen LogP contribution in [-0.2, 0) is 4.74 Å². The van der Waals surface area contributed by atoms with Crippen molar-refractivity contribution in [1.82, 2.24) is 9.80 Å². The Labute approximate surface area is 162 Å². The fraction of sp³-hybridized carbons (Fsp3) is 1.00. The molecule has 0 aromatic carbocycles. The summed E-state index contributed by atoms with van der Waals surface area (Å²) >= 11 is 0.